The van der Waals surface area contributed by atoms with Crippen LogP contribution in [0.3, 0.4) is 0 Å². The van der Waals surface area contributed by atoms with Crippen molar-refractivity contribution in [2.24, 2.45) is 0 Å². The number of benzene rings is 2. The van der Waals surface area contributed by atoms with Gasteiger partial charge in [0.25, 0.3) is 5.91 Å². The first kappa shape index (κ1) is 17.6. The Morgan fingerprint density at radius 3 is 2.78 bits per heavy atom. The second-order valence-electron chi connectivity index (χ2n) is 4.88. The van der Waals surface area contributed by atoms with E-state index >= 15 is 0 Å². The molecule has 2 aromatic carbocycles. The summed E-state index contributed by atoms with van der Waals surface area (Å²) in [5.74, 6) is 1.04. The minimum Gasteiger partial charge on any atom is -0.492 e. The smallest absolute Gasteiger partial charge is 0.258 e. The monoisotopic (exact) mass is 397 g/mol. The molecule has 0 radical (unpaired) electrons. The van der Waals surface area contributed by atoms with Gasteiger partial charge in [-0.25, -0.2) is 0 Å². The van der Waals surface area contributed by atoms with Gasteiger partial charge in [0, 0.05) is 4.47 Å². The third-order valence-electron chi connectivity index (χ3n) is 2.94. The first-order valence-electron chi connectivity index (χ1n) is 7.08. The third-order valence-corrected chi connectivity index (χ3v) is 3.72. The highest BCUT2D eigenvalue weighted by Gasteiger charge is 2.06. The zero-order valence-electron chi connectivity index (χ0n) is 12.6. The molecule has 0 saturated carbocycles. The molecule has 2 rings (SSSR count). The maximum Gasteiger partial charge on any atom is 0.258 e. The van der Waals surface area contributed by atoms with Gasteiger partial charge in [-0.05, 0) is 42.8 Å². The Bertz CT molecular complexity index is 679. The molecular weight excluding hydrogens is 382 g/mol. The number of hydrogen-bond acceptors (Lipinski definition) is 3. The van der Waals surface area contributed by atoms with Crippen LogP contribution in [0, 0.1) is 6.92 Å². The molecule has 0 aliphatic rings. The van der Waals surface area contributed by atoms with Crippen LogP contribution in [0.1, 0.15) is 5.56 Å². The Morgan fingerprint density at radius 1 is 1.22 bits per heavy atom. The van der Waals surface area contributed by atoms with E-state index in [1.54, 1.807) is 18.2 Å². The number of carbonyl (C=O) groups is 1. The van der Waals surface area contributed by atoms with E-state index in [0.29, 0.717) is 23.9 Å². The molecule has 1 amide bonds. The van der Waals surface area contributed by atoms with Gasteiger partial charge in [-0.15, -0.1) is 0 Å². The van der Waals surface area contributed by atoms with Gasteiger partial charge in [-0.3, -0.25) is 4.79 Å². The molecule has 0 aliphatic carbocycles. The van der Waals surface area contributed by atoms with Crippen LogP contribution in [0.15, 0.2) is 46.9 Å². The first-order chi connectivity index (χ1) is 11.0. The zero-order chi connectivity index (χ0) is 16.7. The van der Waals surface area contributed by atoms with Gasteiger partial charge in [0.05, 0.1) is 11.6 Å². The molecule has 1 N–H and O–H groups in total. The molecule has 0 aromatic heterocycles. The maximum absolute atomic E-state index is 11.7. The van der Waals surface area contributed by atoms with Crippen LogP contribution < -0.4 is 14.8 Å². The van der Waals surface area contributed by atoms with Crippen LogP contribution in [0.4, 0.5) is 0 Å². The van der Waals surface area contributed by atoms with E-state index in [1.807, 2.05) is 31.2 Å². The van der Waals surface area contributed by atoms with Crippen LogP contribution in [0.2, 0.25) is 5.02 Å². The molecule has 0 heterocycles. The molecular formula is C17H17BrClNO3. The van der Waals surface area contributed by atoms with Crippen LogP contribution in [0.25, 0.3) is 0 Å². The second kappa shape index (κ2) is 8.79. The van der Waals surface area contributed by atoms with E-state index in [4.69, 9.17) is 21.1 Å². The molecule has 122 valence electrons. The summed E-state index contributed by atoms with van der Waals surface area (Å²) < 4.78 is 11.8. The molecule has 0 spiro atoms. The third kappa shape index (κ3) is 6.12. The average Bonchev–Trinajstić information content (AvgIpc) is 2.51. The van der Waals surface area contributed by atoms with Crippen molar-refractivity contribution in [2.75, 3.05) is 19.8 Å². The Morgan fingerprint density at radius 2 is 2.04 bits per heavy atom. The molecule has 0 atom stereocenters. The molecule has 0 aliphatic heterocycles. The van der Waals surface area contributed by atoms with Crippen molar-refractivity contribution in [3.05, 3.63) is 57.5 Å². The number of nitrogens with one attached hydrogen (secondary N) is 1. The lowest BCUT2D eigenvalue weighted by atomic mass is 10.2. The van der Waals surface area contributed by atoms with Crippen molar-refractivity contribution in [1.82, 2.24) is 5.32 Å². The van der Waals surface area contributed by atoms with E-state index in [9.17, 15) is 4.79 Å². The minimum absolute atomic E-state index is 0.0915. The summed E-state index contributed by atoms with van der Waals surface area (Å²) in [5.41, 5.74) is 1.13. The van der Waals surface area contributed by atoms with Gasteiger partial charge in [-0.2, -0.15) is 0 Å². The Hall–Kier alpha value is -1.72. The quantitative estimate of drug-likeness (QED) is 0.718. The Balaban J connectivity index is 1.67. The molecule has 2 aromatic rings. The van der Waals surface area contributed by atoms with E-state index in [0.717, 1.165) is 15.8 Å². The summed E-state index contributed by atoms with van der Waals surface area (Å²) in [4.78, 5) is 11.7. The highest BCUT2D eigenvalue weighted by molar-refractivity contribution is 9.10. The lowest BCUT2D eigenvalue weighted by Crippen LogP contribution is -2.32. The second-order valence-corrected chi connectivity index (χ2v) is 6.20. The molecule has 4 nitrogen and oxygen atoms in total. The highest BCUT2D eigenvalue weighted by atomic mass is 79.9. The van der Waals surface area contributed by atoms with Gasteiger partial charge >= 0.3 is 0 Å². The zero-order valence-corrected chi connectivity index (χ0v) is 15.0. The van der Waals surface area contributed by atoms with Crippen molar-refractivity contribution in [3.8, 4) is 11.5 Å². The van der Waals surface area contributed by atoms with Gasteiger partial charge in [0.1, 0.15) is 18.1 Å². The maximum atomic E-state index is 11.7. The molecule has 0 fully saturated rings. The summed E-state index contributed by atoms with van der Waals surface area (Å²) >= 11 is 9.32. The van der Waals surface area contributed by atoms with E-state index in [-0.39, 0.29) is 12.5 Å². The predicted octanol–water partition coefficient (Wildman–Crippen LogP) is 3.98. The number of ether oxygens (including phenoxy) is 2. The summed E-state index contributed by atoms with van der Waals surface area (Å²) in [6, 6.07) is 13.0. The standard InChI is InChI=1S/C17H17BrClNO3/c1-12-3-2-4-14(9-12)22-8-7-20-17(21)11-23-16-6-5-13(18)10-15(16)19/h2-6,9-10H,7-8,11H2,1H3,(H,20,21). The number of hydrogen-bond donors (Lipinski definition) is 1. The highest BCUT2D eigenvalue weighted by Crippen LogP contribution is 2.27. The van der Waals surface area contributed by atoms with Gasteiger partial charge < -0.3 is 14.8 Å². The molecule has 0 saturated heterocycles. The van der Waals surface area contributed by atoms with Crippen LogP contribution in [0.5, 0.6) is 11.5 Å². The van der Waals surface area contributed by atoms with Crippen molar-refractivity contribution in [3.63, 3.8) is 0 Å². The largest absolute Gasteiger partial charge is 0.492 e. The van der Waals surface area contributed by atoms with Crippen LogP contribution in [-0.2, 0) is 4.79 Å². The summed E-state index contributed by atoms with van der Waals surface area (Å²) in [6.07, 6.45) is 0. The SMILES string of the molecule is Cc1cccc(OCCNC(=O)COc2ccc(Br)cc2Cl)c1. The number of aryl methyl sites for hydroxylation is 1. The molecule has 0 bridgehead atoms. The Labute approximate surface area is 148 Å². The van der Waals surface area contributed by atoms with Crippen molar-refractivity contribution in [2.45, 2.75) is 6.92 Å². The normalized spacial score (nSPS) is 10.2. The summed E-state index contributed by atoms with van der Waals surface area (Å²) in [7, 11) is 0. The summed E-state index contributed by atoms with van der Waals surface area (Å²) in [6.45, 7) is 2.71. The fourth-order valence-corrected chi connectivity index (χ4v) is 2.58. The van der Waals surface area contributed by atoms with Crippen LogP contribution in [-0.4, -0.2) is 25.7 Å². The van der Waals surface area contributed by atoms with Crippen LogP contribution >= 0.6 is 27.5 Å². The average molecular weight is 399 g/mol. The van der Waals surface area contributed by atoms with E-state index in [1.165, 1.54) is 0 Å². The minimum atomic E-state index is -0.225. The van der Waals surface area contributed by atoms with E-state index in [2.05, 4.69) is 21.2 Å². The Kier molecular flexibility index (Phi) is 6.74. The van der Waals surface area contributed by atoms with Gasteiger partial charge in [0.2, 0.25) is 0 Å². The van der Waals surface area contributed by atoms with Crippen molar-refractivity contribution in [1.29, 1.82) is 0 Å². The summed E-state index contributed by atoms with van der Waals surface area (Å²) in [5, 5.41) is 3.18. The van der Waals surface area contributed by atoms with Crippen molar-refractivity contribution < 1.29 is 14.3 Å². The number of rotatable bonds is 7. The topological polar surface area (TPSA) is 47.6 Å². The lowest BCUT2D eigenvalue weighted by molar-refractivity contribution is -0.123. The fourth-order valence-electron chi connectivity index (χ4n) is 1.85. The first-order valence-corrected chi connectivity index (χ1v) is 8.26. The fraction of sp³-hybridized carbons (Fsp3) is 0.235. The molecule has 0 unspecified atom stereocenters. The molecule has 23 heavy (non-hydrogen) atoms. The number of amides is 1. The predicted molar refractivity (Wildman–Crippen MR) is 94.3 cm³/mol. The van der Waals surface area contributed by atoms with E-state index < -0.39 is 0 Å². The number of carbonyl (C=O) groups excluding carboxylic acids is 1. The lowest BCUT2D eigenvalue weighted by Gasteiger charge is -2.10. The van der Waals surface area contributed by atoms with Gasteiger partial charge in [-0.1, -0.05) is 39.7 Å². The molecule has 6 heteroatoms. The van der Waals surface area contributed by atoms with Crippen molar-refractivity contribution >= 4 is 33.4 Å². The number of halogens is 2. The van der Waals surface area contributed by atoms with Gasteiger partial charge in [0.15, 0.2) is 6.61 Å².